The van der Waals surface area contributed by atoms with E-state index in [9.17, 15) is 4.79 Å². The van der Waals surface area contributed by atoms with Gasteiger partial charge in [0.2, 0.25) is 5.91 Å². The summed E-state index contributed by atoms with van der Waals surface area (Å²) in [7, 11) is 0. The molecule has 3 nitrogen and oxygen atoms in total. The van der Waals surface area contributed by atoms with Crippen LogP contribution in [0.1, 0.15) is 15.9 Å². The fraction of sp³-hybridized carbons (Fsp3) is 0.0625. The van der Waals surface area contributed by atoms with Gasteiger partial charge in [-0.2, -0.15) is 0 Å². The lowest BCUT2D eigenvalue weighted by Gasteiger charge is -2.09. The van der Waals surface area contributed by atoms with Crippen molar-refractivity contribution in [3.8, 4) is 0 Å². The van der Waals surface area contributed by atoms with Crippen molar-refractivity contribution in [1.82, 2.24) is 4.57 Å². The first-order chi connectivity index (χ1) is 9.65. The van der Waals surface area contributed by atoms with E-state index in [-0.39, 0.29) is 0 Å². The minimum Gasteiger partial charge on any atom is -0.366 e. The molecule has 0 spiro atoms. The highest BCUT2D eigenvalue weighted by atomic mass is 35.5. The van der Waals surface area contributed by atoms with Gasteiger partial charge in [-0.25, -0.2) is 0 Å². The zero-order valence-electron chi connectivity index (χ0n) is 10.7. The van der Waals surface area contributed by atoms with Crippen LogP contribution in [0.3, 0.4) is 0 Å². The van der Waals surface area contributed by atoms with Crippen LogP contribution in [0, 0.1) is 0 Å². The normalized spacial score (nSPS) is 10.8. The minimum absolute atomic E-state index is 0.407. The molecule has 3 aromatic rings. The van der Waals surface area contributed by atoms with Gasteiger partial charge in [0, 0.05) is 28.8 Å². The topological polar surface area (TPSA) is 48.0 Å². The molecule has 0 radical (unpaired) electrons. The van der Waals surface area contributed by atoms with Crippen LogP contribution >= 0.6 is 11.6 Å². The van der Waals surface area contributed by atoms with E-state index in [0.29, 0.717) is 17.1 Å². The van der Waals surface area contributed by atoms with Crippen LogP contribution in [-0.4, -0.2) is 10.5 Å². The molecule has 1 heterocycles. The summed E-state index contributed by atoms with van der Waals surface area (Å²) in [5, 5.41) is 1.81. The molecule has 1 aromatic heterocycles. The van der Waals surface area contributed by atoms with E-state index in [0.717, 1.165) is 16.5 Å². The van der Waals surface area contributed by atoms with Crippen molar-refractivity contribution in [2.24, 2.45) is 5.73 Å². The molecule has 0 saturated heterocycles. The average Bonchev–Trinajstić information content (AvgIpc) is 2.82. The summed E-state index contributed by atoms with van der Waals surface area (Å²) in [4.78, 5) is 11.5. The highest BCUT2D eigenvalue weighted by Crippen LogP contribution is 2.22. The monoisotopic (exact) mass is 284 g/mol. The molecule has 2 aromatic carbocycles. The maximum absolute atomic E-state index is 11.5. The van der Waals surface area contributed by atoms with Crippen LogP contribution in [0.25, 0.3) is 10.9 Å². The van der Waals surface area contributed by atoms with Gasteiger partial charge in [-0.3, -0.25) is 4.79 Å². The van der Waals surface area contributed by atoms with E-state index in [2.05, 4.69) is 4.57 Å². The van der Waals surface area contributed by atoms with Crippen molar-refractivity contribution >= 4 is 28.4 Å². The maximum atomic E-state index is 11.5. The molecule has 20 heavy (non-hydrogen) atoms. The third-order valence-corrected chi connectivity index (χ3v) is 3.59. The molecule has 2 N–H and O–H groups in total. The third kappa shape index (κ3) is 2.28. The van der Waals surface area contributed by atoms with Gasteiger partial charge in [0.1, 0.15) is 0 Å². The number of aromatic nitrogens is 1. The highest BCUT2D eigenvalue weighted by molar-refractivity contribution is 6.31. The number of carbonyl (C=O) groups is 1. The van der Waals surface area contributed by atoms with E-state index < -0.39 is 5.91 Å². The molecule has 0 unspecified atom stereocenters. The summed E-state index contributed by atoms with van der Waals surface area (Å²) in [5.41, 5.74) is 7.90. The van der Waals surface area contributed by atoms with Crippen molar-refractivity contribution in [2.75, 3.05) is 0 Å². The molecule has 0 saturated carbocycles. The summed E-state index contributed by atoms with van der Waals surface area (Å²) in [6.45, 7) is 0.586. The van der Waals surface area contributed by atoms with Gasteiger partial charge < -0.3 is 10.3 Å². The molecule has 4 heteroatoms. The first-order valence-electron chi connectivity index (χ1n) is 6.27. The second-order valence-electron chi connectivity index (χ2n) is 4.67. The molecule has 0 aliphatic carbocycles. The lowest BCUT2D eigenvalue weighted by molar-refractivity contribution is 0.0999. The van der Waals surface area contributed by atoms with Gasteiger partial charge in [0.05, 0.1) is 0 Å². The van der Waals surface area contributed by atoms with Crippen LogP contribution in [0.15, 0.2) is 54.7 Å². The second-order valence-corrected chi connectivity index (χ2v) is 5.10. The van der Waals surface area contributed by atoms with Gasteiger partial charge >= 0.3 is 0 Å². The molecular formula is C16H13ClN2O. The van der Waals surface area contributed by atoms with Crippen molar-refractivity contribution in [2.45, 2.75) is 6.54 Å². The fourth-order valence-electron chi connectivity index (χ4n) is 2.38. The lowest BCUT2D eigenvalue weighted by Crippen LogP contribution is -2.14. The van der Waals surface area contributed by atoms with Crippen LogP contribution in [0.2, 0.25) is 5.02 Å². The quantitative estimate of drug-likeness (QED) is 0.787. The Bertz CT molecular complexity index is 792. The van der Waals surface area contributed by atoms with Crippen molar-refractivity contribution in [1.29, 1.82) is 0 Å². The number of benzene rings is 2. The predicted octanol–water partition coefficient (Wildman–Crippen LogP) is 3.44. The number of nitrogens with two attached hydrogens (primary N) is 1. The zero-order chi connectivity index (χ0) is 14.1. The van der Waals surface area contributed by atoms with Gasteiger partial charge in [0.15, 0.2) is 0 Å². The SMILES string of the molecule is NC(=O)c1ccccc1Cn1ccc2ccc(Cl)cc21. The Labute approximate surface area is 121 Å². The number of halogens is 1. The molecule has 0 fully saturated rings. The Morgan fingerprint density at radius 3 is 2.75 bits per heavy atom. The van der Waals surface area contributed by atoms with E-state index in [1.807, 2.05) is 48.7 Å². The summed E-state index contributed by atoms with van der Waals surface area (Å²) < 4.78 is 2.06. The van der Waals surface area contributed by atoms with Gasteiger partial charge in [0.25, 0.3) is 0 Å². The summed E-state index contributed by atoms with van der Waals surface area (Å²) in [6, 6.07) is 15.2. The summed E-state index contributed by atoms with van der Waals surface area (Å²) in [5.74, 6) is -0.407. The summed E-state index contributed by atoms with van der Waals surface area (Å²) in [6.07, 6.45) is 1.98. The van der Waals surface area contributed by atoms with Crippen molar-refractivity contribution < 1.29 is 4.79 Å². The number of primary amides is 1. The van der Waals surface area contributed by atoms with E-state index in [1.165, 1.54) is 0 Å². The number of carbonyl (C=O) groups excluding carboxylic acids is 1. The molecule has 1 amide bonds. The molecule has 0 aliphatic rings. The van der Waals surface area contributed by atoms with E-state index >= 15 is 0 Å². The third-order valence-electron chi connectivity index (χ3n) is 3.36. The van der Waals surface area contributed by atoms with E-state index in [4.69, 9.17) is 17.3 Å². The Kier molecular flexibility index (Phi) is 3.20. The van der Waals surface area contributed by atoms with Crippen LogP contribution in [0.4, 0.5) is 0 Å². The Hall–Kier alpha value is -2.26. The first-order valence-corrected chi connectivity index (χ1v) is 6.65. The Morgan fingerprint density at radius 2 is 1.95 bits per heavy atom. The largest absolute Gasteiger partial charge is 0.366 e. The molecule has 100 valence electrons. The number of rotatable bonds is 3. The smallest absolute Gasteiger partial charge is 0.249 e. The molecular weight excluding hydrogens is 272 g/mol. The number of hydrogen-bond donors (Lipinski definition) is 1. The first kappa shape index (κ1) is 12.8. The Balaban J connectivity index is 2.06. The zero-order valence-corrected chi connectivity index (χ0v) is 11.5. The molecule has 3 rings (SSSR count). The van der Waals surface area contributed by atoms with Crippen LogP contribution in [0.5, 0.6) is 0 Å². The molecule has 0 atom stereocenters. The van der Waals surface area contributed by atoms with Crippen LogP contribution < -0.4 is 5.73 Å². The minimum atomic E-state index is -0.407. The van der Waals surface area contributed by atoms with Crippen molar-refractivity contribution in [3.05, 3.63) is 70.9 Å². The number of fused-ring (bicyclic) bond motifs is 1. The van der Waals surface area contributed by atoms with Gasteiger partial charge in [-0.05, 0) is 35.2 Å². The fourth-order valence-corrected chi connectivity index (χ4v) is 2.54. The number of amides is 1. The second kappa shape index (κ2) is 5.02. The predicted molar refractivity (Wildman–Crippen MR) is 81.0 cm³/mol. The highest BCUT2D eigenvalue weighted by Gasteiger charge is 2.09. The summed E-state index contributed by atoms with van der Waals surface area (Å²) >= 11 is 6.04. The van der Waals surface area contributed by atoms with Crippen molar-refractivity contribution in [3.63, 3.8) is 0 Å². The lowest BCUT2D eigenvalue weighted by atomic mass is 10.1. The molecule has 0 bridgehead atoms. The number of hydrogen-bond acceptors (Lipinski definition) is 1. The molecule has 0 aliphatic heterocycles. The number of nitrogens with zero attached hydrogens (tertiary/aromatic N) is 1. The Morgan fingerprint density at radius 1 is 1.15 bits per heavy atom. The standard InChI is InChI=1S/C16H13ClN2O/c17-13-6-5-11-7-8-19(15(11)9-13)10-12-3-1-2-4-14(12)16(18)20/h1-9H,10H2,(H2,18,20). The van der Waals surface area contributed by atoms with Crippen LogP contribution in [-0.2, 0) is 6.54 Å². The maximum Gasteiger partial charge on any atom is 0.249 e. The average molecular weight is 285 g/mol. The van der Waals surface area contributed by atoms with Gasteiger partial charge in [-0.15, -0.1) is 0 Å². The van der Waals surface area contributed by atoms with E-state index in [1.54, 1.807) is 6.07 Å². The van der Waals surface area contributed by atoms with Gasteiger partial charge in [-0.1, -0.05) is 35.9 Å².